The van der Waals surface area contributed by atoms with Crippen molar-refractivity contribution in [2.45, 2.75) is 52.4 Å². The largest absolute Gasteiger partial charge is 0.494 e. The molecule has 4 rings (SSSR count). The maximum Gasteiger partial charge on any atom is 0.324 e. The summed E-state index contributed by atoms with van der Waals surface area (Å²) in [5.41, 5.74) is 0.929. The lowest BCUT2D eigenvalue weighted by atomic mass is 9.92. The van der Waals surface area contributed by atoms with Crippen LogP contribution in [0, 0.1) is 12.8 Å². The van der Waals surface area contributed by atoms with Crippen molar-refractivity contribution >= 4 is 6.01 Å². The van der Waals surface area contributed by atoms with E-state index < -0.39 is 0 Å². The number of tetrazole rings is 1. The summed E-state index contributed by atoms with van der Waals surface area (Å²) in [6.45, 7) is 8.70. The molecule has 0 bridgehead atoms. The minimum atomic E-state index is 0.292. The Morgan fingerprint density at radius 2 is 1.93 bits per heavy atom. The molecule has 3 aromatic rings. The minimum absolute atomic E-state index is 0.292. The molecule has 30 heavy (non-hydrogen) atoms. The molecule has 0 N–H and O–H groups in total. The molecule has 0 unspecified atom stereocenters. The van der Waals surface area contributed by atoms with Crippen molar-refractivity contribution in [3.63, 3.8) is 0 Å². The second-order valence-electron chi connectivity index (χ2n) is 8.14. The molecule has 9 nitrogen and oxygen atoms in total. The van der Waals surface area contributed by atoms with Crippen LogP contribution in [-0.4, -0.2) is 50.0 Å². The molecule has 0 aliphatic carbocycles. The number of anilines is 1. The quantitative estimate of drug-likeness (QED) is 0.519. The number of rotatable bonds is 8. The van der Waals surface area contributed by atoms with E-state index in [2.05, 4.69) is 44.4 Å². The molecule has 0 radical (unpaired) electrons. The summed E-state index contributed by atoms with van der Waals surface area (Å²) in [4.78, 5) is 6.72. The Bertz CT molecular complexity index is 927. The smallest absolute Gasteiger partial charge is 0.324 e. The van der Waals surface area contributed by atoms with Crippen molar-refractivity contribution < 1.29 is 9.26 Å². The van der Waals surface area contributed by atoms with Crippen LogP contribution in [0.5, 0.6) is 5.75 Å². The van der Waals surface area contributed by atoms with Gasteiger partial charge in [-0.2, -0.15) is 9.67 Å². The first-order valence-corrected chi connectivity index (χ1v) is 10.7. The maximum atomic E-state index is 5.91. The van der Waals surface area contributed by atoms with Gasteiger partial charge in [0.05, 0.1) is 12.3 Å². The average molecular weight is 412 g/mol. The lowest BCUT2D eigenvalue weighted by molar-refractivity contribution is 0.276. The lowest BCUT2D eigenvalue weighted by Crippen LogP contribution is -2.34. The Morgan fingerprint density at radius 3 is 2.57 bits per heavy atom. The topological polar surface area (TPSA) is 95.0 Å². The van der Waals surface area contributed by atoms with Crippen molar-refractivity contribution in [1.29, 1.82) is 0 Å². The SMILES string of the molecule is Cc1nnnn1-c1ccc(OCCCC2CCN(c3nc(C(C)C)no3)CC2)cc1. The van der Waals surface area contributed by atoms with Gasteiger partial charge in [-0.25, -0.2) is 0 Å². The highest BCUT2D eigenvalue weighted by Crippen LogP contribution is 2.26. The molecule has 0 atom stereocenters. The molecular formula is C21H29N7O2. The first-order valence-electron chi connectivity index (χ1n) is 10.7. The standard InChI is InChI=1S/C21H29N7O2/c1-15(2)20-22-21(30-24-20)27-12-10-17(11-13-27)5-4-14-29-19-8-6-18(7-9-19)28-16(3)23-25-26-28/h6-9,15,17H,4-5,10-14H2,1-3H3. The molecule has 2 aromatic heterocycles. The van der Waals surface area contributed by atoms with E-state index in [1.165, 1.54) is 6.42 Å². The number of hydrogen-bond donors (Lipinski definition) is 0. The summed E-state index contributed by atoms with van der Waals surface area (Å²) in [5, 5.41) is 15.6. The lowest BCUT2D eigenvalue weighted by Gasteiger charge is -2.30. The van der Waals surface area contributed by atoms with E-state index in [1.54, 1.807) is 4.68 Å². The number of piperidine rings is 1. The zero-order valence-electron chi connectivity index (χ0n) is 17.9. The Hall–Kier alpha value is -2.97. The van der Waals surface area contributed by atoms with E-state index in [1.807, 2.05) is 31.2 Å². The molecule has 1 aliphatic heterocycles. The molecule has 3 heterocycles. The summed E-state index contributed by atoms with van der Waals surface area (Å²) in [6, 6.07) is 8.53. The molecular weight excluding hydrogens is 382 g/mol. The van der Waals surface area contributed by atoms with Crippen molar-refractivity contribution in [1.82, 2.24) is 30.3 Å². The Morgan fingerprint density at radius 1 is 1.17 bits per heavy atom. The van der Waals surface area contributed by atoms with Crippen LogP contribution in [0.4, 0.5) is 6.01 Å². The van der Waals surface area contributed by atoms with Gasteiger partial charge in [-0.1, -0.05) is 19.0 Å². The van der Waals surface area contributed by atoms with Gasteiger partial charge in [0.2, 0.25) is 0 Å². The highest BCUT2D eigenvalue weighted by atomic mass is 16.5. The van der Waals surface area contributed by atoms with Gasteiger partial charge in [-0.15, -0.1) is 5.10 Å². The summed E-state index contributed by atoms with van der Waals surface area (Å²) >= 11 is 0. The zero-order valence-corrected chi connectivity index (χ0v) is 17.9. The van der Waals surface area contributed by atoms with Gasteiger partial charge >= 0.3 is 6.01 Å². The molecule has 0 spiro atoms. The number of hydrogen-bond acceptors (Lipinski definition) is 8. The highest BCUT2D eigenvalue weighted by molar-refractivity contribution is 5.36. The van der Waals surface area contributed by atoms with Crippen LogP contribution in [0.15, 0.2) is 28.8 Å². The normalized spacial score (nSPS) is 15.1. The highest BCUT2D eigenvalue weighted by Gasteiger charge is 2.23. The van der Waals surface area contributed by atoms with E-state index in [4.69, 9.17) is 9.26 Å². The Kier molecular flexibility index (Phi) is 6.25. The monoisotopic (exact) mass is 411 g/mol. The Balaban J connectivity index is 1.16. The van der Waals surface area contributed by atoms with Gasteiger partial charge in [0.1, 0.15) is 5.75 Å². The molecule has 1 aliphatic rings. The molecule has 1 fully saturated rings. The first kappa shape index (κ1) is 20.3. The van der Waals surface area contributed by atoms with Gasteiger partial charge in [0, 0.05) is 19.0 Å². The van der Waals surface area contributed by atoms with Crippen LogP contribution < -0.4 is 9.64 Å². The second-order valence-corrected chi connectivity index (χ2v) is 8.14. The van der Waals surface area contributed by atoms with Crippen LogP contribution in [0.1, 0.15) is 57.1 Å². The van der Waals surface area contributed by atoms with Crippen LogP contribution in [0.25, 0.3) is 5.69 Å². The van der Waals surface area contributed by atoms with Gasteiger partial charge in [0.25, 0.3) is 0 Å². The summed E-state index contributed by atoms with van der Waals surface area (Å²) in [7, 11) is 0. The van der Waals surface area contributed by atoms with E-state index in [-0.39, 0.29) is 0 Å². The van der Waals surface area contributed by atoms with Crippen molar-refractivity contribution in [3.05, 3.63) is 35.9 Å². The molecule has 9 heteroatoms. The van der Waals surface area contributed by atoms with E-state index in [9.17, 15) is 0 Å². The fraction of sp³-hybridized carbons (Fsp3) is 0.571. The number of benzene rings is 1. The fourth-order valence-corrected chi connectivity index (χ4v) is 3.72. The van der Waals surface area contributed by atoms with Crippen LogP contribution in [-0.2, 0) is 0 Å². The van der Waals surface area contributed by atoms with Gasteiger partial charge < -0.3 is 14.2 Å². The molecule has 1 saturated heterocycles. The second kappa shape index (κ2) is 9.23. The van der Waals surface area contributed by atoms with Gasteiger partial charge in [-0.05, 0) is 73.2 Å². The summed E-state index contributed by atoms with van der Waals surface area (Å²) in [6.07, 6.45) is 4.53. The first-order chi connectivity index (χ1) is 14.6. The van der Waals surface area contributed by atoms with Crippen molar-refractivity contribution in [2.24, 2.45) is 5.92 Å². The van der Waals surface area contributed by atoms with Crippen molar-refractivity contribution in [2.75, 3.05) is 24.6 Å². The number of nitrogens with zero attached hydrogens (tertiary/aromatic N) is 7. The van der Waals surface area contributed by atoms with E-state index in [0.717, 1.165) is 68.0 Å². The Labute approximate surface area is 176 Å². The van der Waals surface area contributed by atoms with Gasteiger partial charge in [0.15, 0.2) is 11.6 Å². The van der Waals surface area contributed by atoms with E-state index in [0.29, 0.717) is 11.9 Å². The molecule has 1 aromatic carbocycles. The number of ether oxygens (including phenoxy) is 1. The third kappa shape index (κ3) is 4.77. The predicted molar refractivity (Wildman–Crippen MR) is 112 cm³/mol. The summed E-state index contributed by atoms with van der Waals surface area (Å²) in [5.74, 6) is 3.43. The number of aryl methyl sites for hydroxylation is 1. The zero-order chi connectivity index (χ0) is 20.9. The maximum absolute atomic E-state index is 5.91. The van der Waals surface area contributed by atoms with E-state index >= 15 is 0 Å². The summed E-state index contributed by atoms with van der Waals surface area (Å²) < 4.78 is 13.0. The van der Waals surface area contributed by atoms with Crippen LogP contribution in [0.3, 0.4) is 0 Å². The molecule has 0 amide bonds. The van der Waals surface area contributed by atoms with Crippen LogP contribution in [0.2, 0.25) is 0 Å². The predicted octanol–water partition coefficient (Wildman–Crippen LogP) is 3.55. The minimum Gasteiger partial charge on any atom is -0.494 e. The molecule has 160 valence electrons. The average Bonchev–Trinajstić information content (AvgIpc) is 3.42. The third-order valence-electron chi connectivity index (χ3n) is 5.56. The van der Waals surface area contributed by atoms with Crippen LogP contribution >= 0.6 is 0 Å². The van der Waals surface area contributed by atoms with Gasteiger partial charge in [-0.3, -0.25) is 0 Å². The third-order valence-corrected chi connectivity index (χ3v) is 5.56. The van der Waals surface area contributed by atoms with Crippen molar-refractivity contribution in [3.8, 4) is 11.4 Å². The number of aromatic nitrogens is 6. The molecule has 0 saturated carbocycles. The fourth-order valence-electron chi connectivity index (χ4n) is 3.72.